The van der Waals surface area contributed by atoms with Crippen LogP contribution in [0.2, 0.25) is 5.02 Å². The molecule has 33 heavy (non-hydrogen) atoms. The van der Waals surface area contributed by atoms with Crippen molar-refractivity contribution in [2.45, 2.75) is 6.42 Å². The Bertz CT molecular complexity index is 1420. The number of hydrogen-bond donors (Lipinski definition) is 2. The van der Waals surface area contributed by atoms with Gasteiger partial charge in [-0.05, 0) is 36.4 Å². The molecule has 0 spiro atoms. The lowest BCUT2D eigenvalue weighted by Gasteiger charge is -2.11. The quantitative estimate of drug-likeness (QED) is 0.292. The number of thiazole rings is 1. The van der Waals surface area contributed by atoms with Gasteiger partial charge >= 0.3 is 0 Å². The van der Waals surface area contributed by atoms with E-state index in [0.717, 1.165) is 28.4 Å². The van der Waals surface area contributed by atoms with Crippen molar-refractivity contribution in [1.82, 2.24) is 25.1 Å². The number of halogens is 1. The fourth-order valence-corrected chi connectivity index (χ4v) is 4.21. The van der Waals surface area contributed by atoms with E-state index in [-0.39, 0.29) is 0 Å². The molecule has 5 rings (SSSR count). The van der Waals surface area contributed by atoms with Gasteiger partial charge in [0.1, 0.15) is 11.3 Å². The van der Waals surface area contributed by atoms with Gasteiger partial charge in [0.05, 0.1) is 28.4 Å². The lowest BCUT2D eigenvalue weighted by molar-refractivity contribution is 0.112. The van der Waals surface area contributed by atoms with Gasteiger partial charge in [-0.1, -0.05) is 29.0 Å². The highest BCUT2D eigenvalue weighted by molar-refractivity contribution is 7.17. The summed E-state index contributed by atoms with van der Waals surface area (Å²) in [5.74, 6) is 1.17. The summed E-state index contributed by atoms with van der Waals surface area (Å²) < 4.78 is 6.14. The summed E-state index contributed by atoms with van der Waals surface area (Å²) in [7, 11) is 0. The number of anilines is 2. The van der Waals surface area contributed by atoms with Crippen LogP contribution in [0.25, 0.3) is 22.2 Å². The molecule has 0 bridgehead atoms. The van der Waals surface area contributed by atoms with Crippen molar-refractivity contribution in [2.24, 2.45) is 0 Å². The van der Waals surface area contributed by atoms with Gasteiger partial charge in [-0.3, -0.25) is 19.9 Å². The first-order valence-electron chi connectivity index (χ1n) is 10.0. The number of ether oxygens (including phenoxy) is 1. The van der Waals surface area contributed by atoms with Crippen molar-refractivity contribution in [3.8, 4) is 17.0 Å². The van der Waals surface area contributed by atoms with Gasteiger partial charge < -0.3 is 10.1 Å². The molecule has 0 aliphatic carbocycles. The number of H-pyrrole nitrogens is 1. The minimum absolute atomic E-state index is 0.433. The molecule has 4 aromatic heterocycles. The first-order valence-corrected chi connectivity index (χ1v) is 11.2. The topological polar surface area (TPSA) is 106 Å². The van der Waals surface area contributed by atoms with Crippen LogP contribution >= 0.6 is 22.9 Å². The highest BCUT2D eigenvalue weighted by Crippen LogP contribution is 2.37. The number of aldehydes is 1. The summed E-state index contributed by atoms with van der Waals surface area (Å²) in [5.41, 5.74) is 3.10. The number of nitrogens with one attached hydrogen (secondary N) is 2. The molecule has 5 aromatic rings. The van der Waals surface area contributed by atoms with E-state index in [1.54, 1.807) is 24.5 Å². The van der Waals surface area contributed by atoms with Crippen molar-refractivity contribution < 1.29 is 9.53 Å². The van der Waals surface area contributed by atoms with E-state index in [0.29, 0.717) is 45.3 Å². The second-order valence-electron chi connectivity index (χ2n) is 7.03. The van der Waals surface area contributed by atoms with E-state index >= 15 is 0 Å². The van der Waals surface area contributed by atoms with E-state index in [1.165, 1.54) is 17.5 Å². The van der Waals surface area contributed by atoms with E-state index in [4.69, 9.17) is 16.3 Å². The molecule has 0 fully saturated rings. The summed E-state index contributed by atoms with van der Waals surface area (Å²) in [6.45, 7) is 0.433. The van der Waals surface area contributed by atoms with Gasteiger partial charge in [0.25, 0.3) is 0 Å². The average molecular weight is 477 g/mol. The van der Waals surface area contributed by atoms with Gasteiger partial charge in [0.15, 0.2) is 17.2 Å². The zero-order valence-corrected chi connectivity index (χ0v) is 18.7. The van der Waals surface area contributed by atoms with Crippen molar-refractivity contribution in [3.05, 3.63) is 76.6 Å². The van der Waals surface area contributed by atoms with Crippen LogP contribution in [-0.4, -0.2) is 38.0 Å². The maximum Gasteiger partial charge on any atom is 0.189 e. The Labute approximate surface area is 197 Å². The van der Waals surface area contributed by atoms with Gasteiger partial charge in [0, 0.05) is 35.5 Å². The van der Waals surface area contributed by atoms with Crippen LogP contribution in [0, 0.1) is 0 Å². The lowest BCUT2D eigenvalue weighted by atomic mass is 10.1. The van der Waals surface area contributed by atoms with Crippen LogP contribution in [0.5, 0.6) is 5.75 Å². The predicted octanol–water partition coefficient (Wildman–Crippen LogP) is 5.31. The van der Waals surface area contributed by atoms with Crippen LogP contribution in [0.4, 0.5) is 10.9 Å². The molecule has 164 valence electrons. The molecular weight excluding hydrogens is 460 g/mol. The van der Waals surface area contributed by atoms with Crippen molar-refractivity contribution in [1.29, 1.82) is 0 Å². The number of carbonyl (C=O) groups excluding carboxylic acids is 1. The molecule has 8 nitrogen and oxygen atoms in total. The molecule has 4 heterocycles. The standard InChI is InChI=1S/C23H17ClN6O2S/c24-18-5-3-8-26-20(18)14-10-17-21(19(11-14)32-9-6-15-4-1-2-7-25-15)29-30-22(17)28-23-27-12-16(13-31)33-23/h1-5,7-8,10-13H,6,9H2,(H2,27,28,29,30). The SMILES string of the molecule is O=Cc1cnc(Nc2n[nH]c3c(OCCc4ccccn4)cc(-c4ncccc4Cl)cc23)s1. The minimum atomic E-state index is 0.433. The first-order chi connectivity index (χ1) is 16.2. The third-order valence-electron chi connectivity index (χ3n) is 4.88. The summed E-state index contributed by atoms with van der Waals surface area (Å²) in [5, 5.41) is 12.5. The second-order valence-corrected chi connectivity index (χ2v) is 8.50. The largest absolute Gasteiger partial charge is 0.491 e. The number of fused-ring (bicyclic) bond motifs is 1. The number of carbonyl (C=O) groups is 1. The summed E-state index contributed by atoms with van der Waals surface area (Å²) >= 11 is 7.66. The maximum atomic E-state index is 11.0. The zero-order valence-electron chi connectivity index (χ0n) is 17.2. The normalized spacial score (nSPS) is 10.9. The van der Waals surface area contributed by atoms with Crippen molar-refractivity contribution >= 4 is 51.1 Å². The lowest BCUT2D eigenvalue weighted by Crippen LogP contribution is -2.03. The Morgan fingerprint density at radius 2 is 2.03 bits per heavy atom. The molecule has 0 aliphatic heterocycles. The average Bonchev–Trinajstić information content (AvgIpc) is 3.47. The molecule has 0 radical (unpaired) electrons. The van der Waals surface area contributed by atoms with Crippen LogP contribution < -0.4 is 10.1 Å². The molecule has 10 heteroatoms. The van der Waals surface area contributed by atoms with Crippen LogP contribution in [0.15, 0.2) is 61.1 Å². The summed E-state index contributed by atoms with van der Waals surface area (Å²) in [4.78, 5) is 24.5. The van der Waals surface area contributed by atoms with Gasteiger partial charge in [-0.25, -0.2) is 4.98 Å². The predicted molar refractivity (Wildman–Crippen MR) is 129 cm³/mol. The fraction of sp³-hybridized carbons (Fsp3) is 0.0870. The zero-order chi connectivity index (χ0) is 22.6. The molecular formula is C23H17ClN6O2S. The van der Waals surface area contributed by atoms with Crippen LogP contribution in [0.1, 0.15) is 15.4 Å². The highest BCUT2D eigenvalue weighted by Gasteiger charge is 2.16. The molecule has 2 N–H and O–H groups in total. The van der Waals surface area contributed by atoms with E-state index in [2.05, 4.69) is 30.5 Å². The first kappa shape index (κ1) is 21.0. The Hall–Kier alpha value is -3.82. The number of benzene rings is 1. The molecule has 1 aromatic carbocycles. The minimum Gasteiger partial charge on any atom is -0.491 e. The van der Waals surface area contributed by atoms with Crippen molar-refractivity contribution in [2.75, 3.05) is 11.9 Å². The smallest absolute Gasteiger partial charge is 0.189 e. The number of hydrogen-bond acceptors (Lipinski definition) is 8. The summed E-state index contributed by atoms with van der Waals surface area (Å²) in [6.07, 6.45) is 6.39. The molecule has 0 aliphatic rings. The van der Waals surface area contributed by atoms with E-state index < -0.39 is 0 Å². The van der Waals surface area contributed by atoms with E-state index in [9.17, 15) is 4.79 Å². The molecule has 0 saturated carbocycles. The van der Waals surface area contributed by atoms with Gasteiger partial charge in [-0.2, -0.15) is 5.10 Å². The van der Waals surface area contributed by atoms with E-state index in [1.807, 2.05) is 30.3 Å². The maximum absolute atomic E-state index is 11.0. The highest BCUT2D eigenvalue weighted by atomic mass is 35.5. The second kappa shape index (κ2) is 9.35. The molecule has 0 atom stereocenters. The van der Waals surface area contributed by atoms with Crippen LogP contribution in [-0.2, 0) is 6.42 Å². The number of aromatic amines is 1. The van der Waals surface area contributed by atoms with Crippen LogP contribution in [0.3, 0.4) is 0 Å². The Morgan fingerprint density at radius 1 is 1.12 bits per heavy atom. The number of pyridine rings is 2. The third-order valence-corrected chi connectivity index (χ3v) is 6.02. The number of aromatic nitrogens is 5. The molecule has 0 unspecified atom stereocenters. The Morgan fingerprint density at radius 3 is 2.82 bits per heavy atom. The number of nitrogens with zero attached hydrogens (tertiary/aromatic N) is 4. The van der Waals surface area contributed by atoms with Gasteiger partial charge in [0.2, 0.25) is 0 Å². The number of rotatable bonds is 8. The molecule has 0 saturated heterocycles. The molecule has 0 amide bonds. The monoisotopic (exact) mass is 476 g/mol. The fourth-order valence-electron chi connectivity index (χ4n) is 3.35. The van der Waals surface area contributed by atoms with Gasteiger partial charge in [-0.15, -0.1) is 0 Å². The summed E-state index contributed by atoms with van der Waals surface area (Å²) in [6, 6.07) is 13.2. The Kier molecular flexibility index (Phi) is 5.97. The van der Waals surface area contributed by atoms with Crippen molar-refractivity contribution in [3.63, 3.8) is 0 Å². The Balaban J connectivity index is 1.52. The third kappa shape index (κ3) is 4.55.